The predicted octanol–water partition coefficient (Wildman–Crippen LogP) is 2.26. The Balaban J connectivity index is 3.36. The Bertz CT molecular complexity index is 558. The van der Waals surface area contributed by atoms with Gasteiger partial charge < -0.3 is 5.73 Å². The van der Waals surface area contributed by atoms with E-state index >= 15 is 0 Å². The molecule has 1 aromatic rings. The highest BCUT2D eigenvalue weighted by Gasteiger charge is 2.24. The fraction of sp³-hybridized carbons (Fsp3) is 0.273. The molecule has 0 fully saturated rings. The molecule has 0 heterocycles. The third-order valence-corrected chi connectivity index (χ3v) is 5.04. The zero-order valence-electron chi connectivity index (χ0n) is 9.86. The average molecular weight is 309 g/mol. The number of hydrogen-bond acceptors (Lipinski definition) is 3. The summed E-state index contributed by atoms with van der Waals surface area (Å²) in [5.41, 5.74) is 6.03. The lowest BCUT2D eigenvalue weighted by Gasteiger charge is -2.17. The normalized spacial score (nSPS) is 11.8. The van der Waals surface area contributed by atoms with Crippen molar-refractivity contribution in [1.29, 1.82) is 0 Å². The molecule has 2 N–H and O–H groups in total. The van der Waals surface area contributed by atoms with Gasteiger partial charge in [0.25, 0.3) is 0 Å². The van der Waals surface area contributed by atoms with Gasteiger partial charge in [-0.05, 0) is 17.7 Å². The van der Waals surface area contributed by atoms with Gasteiger partial charge in [0.1, 0.15) is 4.90 Å². The maximum Gasteiger partial charge on any atom is 0.244 e. The second kappa shape index (κ2) is 6.04. The zero-order chi connectivity index (χ0) is 13.9. The van der Waals surface area contributed by atoms with E-state index in [1.807, 2.05) is 0 Å². The van der Waals surface area contributed by atoms with Crippen molar-refractivity contribution in [3.8, 4) is 0 Å². The van der Waals surface area contributed by atoms with Crippen LogP contribution in [0.5, 0.6) is 0 Å². The minimum Gasteiger partial charge on any atom is -0.326 e. The van der Waals surface area contributed by atoms with Crippen molar-refractivity contribution in [1.82, 2.24) is 4.31 Å². The molecule has 0 saturated heterocycles. The van der Waals surface area contributed by atoms with Crippen LogP contribution in [-0.4, -0.2) is 26.3 Å². The van der Waals surface area contributed by atoms with Crippen molar-refractivity contribution in [2.75, 3.05) is 13.6 Å². The third-order valence-electron chi connectivity index (χ3n) is 2.40. The van der Waals surface area contributed by atoms with Crippen molar-refractivity contribution in [2.24, 2.45) is 5.73 Å². The highest BCUT2D eigenvalue weighted by atomic mass is 35.5. The van der Waals surface area contributed by atoms with Crippen molar-refractivity contribution in [3.05, 3.63) is 40.4 Å². The molecule has 0 aliphatic heterocycles. The van der Waals surface area contributed by atoms with Gasteiger partial charge in [-0.3, -0.25) is 0 Å². The lowest BCUT2D eigenvalue weighted by molar-refractivity contribution is 0.499. The van der Waals surface area contributed by atoms with Crippen LogP contribution in [0.15, 0.2) is 29.7 Å². The van der Waals surface area contributed by atoms with Gasteiger partial charge in [-0.15, -0.1) is 6.58 Å². The standard InChI is InChI=1S/C11H14Cl2N2O2S/c1-3-4-15(2)18(16,17)11-5-8(7-14)9(12)6-10(11)13/h3,5-6H,1,4,7,14H2,2H3. The highest BCUT2D eigenvalue weighted by molar-refractivity contribution is 7.89. The number of halogens is 2. The topological polar surface area (TPSA) is 63.4 Å². The van der Waals surface area contributed by atoms with Gasteiger partial charge >= 0.3 is 0 Å². The van der Waals surface area contributed by atoms with E-state index in [1.165, 1.54) is 25.3 Å². The van der Waals surface area contributed by atoms with Gasteiger partial charge in [-0.1, -0.05) is 29.3 Å². The molecule has 4 nitrogen and oxygen atoms in total. The Labute approximate surface area is 117 Å². The number of nitrogens with two attached hydrogens (primary N) is 1. The van der Waals surface area contributed by atoms with Gasteiger partial charge in [0.15, 0.2) is 0 Å². The summed E-state index contributed by atoms with van der Waals surface area (Å²) < 4.78 is 25.6. The molecule has 100 valence electrons. The average Bonchev–Trinajstić information content (AvgIpc) is 2.29. The van der Waals surface area contributed by atoms with Crippen LogP contribution in [-0.2, 0) is 16.6 Å². The fourth-order valence-electron chi connectivity index (χ4n) is 1.37. The van der Waals surface area contributed by atoms with Crippen LogP contribution < -0.4 is 5.73 Å². The van der Waals surface area contributed by atoms with E-state index in [0.717, 1.165) is 4.31 Å². The maximum atomic E-state index is 12.2. The van der Waals surface area contributed by atoms with Crippen LogP contribution >= 0.6 is 23.2 Å². The molecule has 0 spiro atoms. The quantitative estimate of drug-likeness (QED) is 0.849. The monoisotopic (exact) mass is 308 g/mol. The molecule has 0 aromatic heterocycles. The van der Waals surface area contributed by atoms with Crippen molar-refractivity contribution < 1.29 is 8.42 Å². The summed E-state index contributed by atoms with van der Waals surface area (Å²) in [7, 11) is -2.22. The van der Waals surface area contributed by atoms with Gasteiger partial charge in [0.2, 0.25) is 10.0 Å². The summed E-state index contributed by atoms with van der Waals surface area (Å²) in [6.07, 6.45) is 1.49. The van der Waals surface area contributed by atoms with Crippen LogP contribution in [0.4, 0.5) is 0 Å². The number of rotatable bonds is 5. The molecule has 7 heteroatoms. The second-order valence-electron chi connectivity index (χ2n) is 3.65. The van der Waals surface area contributed by atoms with E-state index in [2.05, 4.69) is 6.58 Å². The number of nitrogens with zero attached hydrogens (tertiary/aromatic N) is 1. The summed E-state index contributed by atoms with van der Waals surface area (Å²) in [4.78, 5) is -0.00151. The third kappa shape index (κ3) is 3.05. The first-order valence-electron chi connectivity index (χ1n) is 5.09. The van der Waals surface area contributed by atoms with Gasteiger partial charge in [0.05, 0.1) is 5.02 Å². The Morgan fingerprint density at radius 3 is 2.50 bits per heavy atom. The number of likely N-dealkylation sites (N-methyl/N-ethyl adjacent to an activating group) is 1. The molecular weight excluding hydrogens is 295 g/mol. The smallest absolute Gasteiger partial charge is 0.244 e. The van der Waals surface area contributed by atoms with E-state index in [0.29, 0.717) is 10.6 Å². The van der Waals surface area contributed by atoms with Gasteiger partial charge in [-0.2, -0.15) is 4.31 Å². The summed E-state index contributed by atoms with van der Waals surface area (Å²) in [6.45, 7) is 3.83. The van der Waals surface area contributed by atoms with Crippen LogP contribution in [0.2, 0.25) is 10.0 Å². The Hall–Kier alpha value is -0.590. The van der Waals surface area contributed by atoms with Gasteiger partial charge in [0, 0.05) is 25.2 Å². The molecule has 0 bridgehead atoms. The number of sulfonamides is 1. The van der Waals surface area contributed by atoms with E-state index in [-0.39, 0.29) is 23.0 Å². The Morgan fingerprint density at radius 2 is 2.00 bits per heavy atom. The summed E-state index contributed by atoms with van der Waals surface area (Å²) >= 11 is 11.8. The van der Waals surface area contributed by atoms with Crippen molar-refractivity contribution in [3.63, 3.8) is 0 Å². The lowest BCUT2D eigenvalue weighted by Crippen LogP contribution is -2.27. The van der Waals surface area contributed by atoms with Crippen molar-refractivity contribution in [2.45, 2.75) is 11.4 Å². The Kier molecular flexibility index (Phi) is 5.19. The molecule has 0 saturated carbocycles. The van der Waals surface area contributed by atoms with E-state index in [9.17, 15) is 8.42 Å². The van der Waals surface area contributed by atoms with E-state index < -0.39 is 10.0 Å². The molecule has 0 atom stereocenters. The van der Waals surface area contributed by atoms with Crippen LogP contribution in [0, 0.1) is 0 Å². The zero-order valence-corrected chi connectivity index (χ0v) is 12.2. The van der Waals surface area contributed by atoms with Crippen LogP contribution in [0.1, 0.15) is 5.56 Å². The predicted molar refractivity (Wildman–Crippen MR) is 74.4 cm³/mol. The van der Waals surface area contributed by atoms with E-state index in [4.69, 9.17) is 28.9 Å². The molecule has 18 heavy (non-hydrogen) atoms. The second-order valence-corrected chi connectivity index (χ2v) is 6.48. The minimum absolute atomic E-state index is 0.00151. The Morgan fingerprint density at radius 1 is 1.39 bits per heavy atom. The lowest BCUT2D eigenvalue weighted by atomic mass is 10.2. The van der Waals surface area contributed by atoms with Crippen LogP contribution in [0.25, 0.3) is 0 Å². The SMILES string of the molecule is C=CCN(C)S(=O)(=O)c1cc(CN)c(Cl)cc1Cl. The first kappa shape index (κ1) is 15.5. The summed E-state index contributed by atoms with van der Waals surface area (Å²) in [5.74, 6) is 0. The molecule has 1 rings (SSSR count). The number of hydrogen-bond donors (Lipinski definition) is 1. The van der Waals surface area contributed by atoms with Gasteiger partial charge in [-0.25, -0.2) is 8.42 Å². The molecule has 0 amide bonds. The molecule has 0 aliphatic carbocycles. The molecule has 0 aliphatic rings. The highest BCUT2D eigenvalue weighted by Crippen LogP contribution is 2.30. The number of benzene rings is 1. The molecular formula is C11H14Cl2N2O2S. The van der Waals surface area contributed by atoms with E-state index in [1.54, 1.807) is 0 Å². The summed E-state index contributed by atoms with van der Waals surface area (Å²) in [5, 5.41) is 0.431. The molecule has 0 radical (unpaired) electrons. The molecule has 0 unspecified atom stereocenters. The van der Waals surface area contributed by atoms with Crippen LogP contribution in [0.3, 0.4) is 0 Å². The minimum atomic E-state index is -3.67. The fourth-order valence-corrected chi connectivity index (χ4v) is 3.36. The summed E-state index contributed by atoms with van der Waals surface area (Å²) in [6, 6.07) is 2.79. The molecule has 1 aromatic carbocycles. The largest absolute Gasteiger partial charge is 0.326 e. The first-order valence-corrected chi connectivity index (χ1v) is 7.29. The van der Waals surface area contributed by atoms with Crippen molar-refractivity contribution >= 4 is 33.2 Å². The maximum absolute atomic E-state index is 12.2. The first-order chi connectivity index (χ1) is 8.34.